The van der Waals surface area contributed by atoms with Crippen LogP contribution >= 0.6 is 11.3 Å². The normalized spacial score (nSPS) is 11.9. The smallest absolute Gasteiger partial charge is 0.271 e. The number of carbonyl (C=O) groups is 1. The number of hydrogen-bond donors (Lipinski definition) is 2. The molecular weight excluding hydrogens is 286 g/mol. The van der Waals surface area contributed by atoms with E-state index in [0.29, 0.717) is 18.1 Å². The number of amides is 1. The average Bonchev–Trinajstić information content (AvgIpc) is 3.05. The Bertz CT molecular complexity index is 555. The van der Waals surface area contributed by atoms with Crippen molar-refractivity contribution in [2.75, 3.05) is 18.4 Å². The molecule has 0 saturated carbocycles. The van der Waals surface area contributed by atoms with Crippen molar-refractivity contribution in [1.29, 1.82) is 0 Å². The molecule has 7 heteroatoms. The maximum Gasteiger partial charge on any atom is 0.271 e. The van der Waals surface area contributed by atoms with Crippen molar-refractivity contribution in [2.45, 2.75) is 26.2 Å². The zero-order valence-corrected chi connectivity index (χ0v) is 13.0. The lowest BCUT2D eigenvalue weighted by Gasteiger charge is -2.10. The molecular formula is C14H19N5OS. The summed E-state index contributed by atoms with van der Waals surface area (Å²) in [6.45, 7) is 5.48. The van der Waals surface area contributed by atoms with Crippen molar-refractivity contribution < 1.29 is 4.79 Å². The minimum atomic E-state index is -0.215. The van der Waals surface area contributed by atoms with E-state index in [-0.39, 0.29) is 11.8 Å². The van der Waals surface area contributed by atoms with Gasteiger partial charge in [-0.15, -0.1) is 11.3 Å². The molecule has 0 aliphatic heterocycles. The van der Waals surface area contributed by atoms with Crippen LogP contribution in [0.15, 0.2) is 24.0 Å². The zero-order chi connectivity index (χ0) is 15.1. The topological polar surface area (TPSA) is 79.8 Å². The SMILES string of the molecule is CCCNc1cnc(C(=O)NCC(C)c2nccs2)cn1. The van der Waals surface area contributed by atoms with Gasteiger partial charge >= 0.3 is 0 Å². The third-order valence-corrected chi connectivity index (χ3v) is 3.89. The molecule has 0 bridgehead atoms. The van der Waals surface area contributed by atoms with E-state index in [9.17, 15) is 4.79 Å². The highest BCUT2D eigenvalue weighted by atomic mass is 32.1. The molecule has 2 aromatic rings. The molecule has 0 aliphatic carbocycles. The molecule has 0 spiro atoms. The van der Waals surface area contributed by atoms with Gasteiger partial charge < -0.3 is 10.6 Å². The molecule has 6 nitrogen and oxygen atoms in total. The lowest BCUT2D eigenvalue weighted by atomic mass is 10.2. The third-order valence-electron chi connectivity index (χ3n) is 2.88. The minimum absolute atomic E-state index is 0.187. The molecule has 1 unspecified atom stereocenters. The van der Waals surface area contributed by atoms with Gasteiger partial charge in [0.05, 0.1) is 17.4 Å². The molecule has 0 aliphatic rings. The summed E-state index contributed by atoms with van der Waals surface area (Å²) in [7, 11) is 0. The van der Waals surface area contributed by atoms with Gasteiger partial charge in [0.2, 0.25) is 0 Å². The van der Waals surface area contributed by atoms with E-state index < -0.39 is 0 Å². The van der Waals surface area contributed by atoms with Crippen LogP contribution in [0.25, 0.3) is 0 Å². The summed E-state index contributed by atoms with van der Waals surface area (Å²) in [4.78, 5) is 24.5. The van der Waals surface area contributed by atoms with E-state index in [1.807, 2.05) is 12.3 Å². The summed E-state index contributed by atoms with van der Waals surface area (Å²) in [6.07, 6.45) is 5.85. The monoisotopic (exact) mass is 305 g/mol. The standard InChI is InChI=1S/C14H19N5OS/c1-3-4-15-12-9-17-11(8-18-12)13(20)19-7-10(2)14-16-5-6-21-14/h5-6,8-10H,3-4,7H2,1-2H3,(H,15,18)(H,19,20). The second kappa shape index (κ2) is 7.68. The highest BCUT2D eigenvalue weighted by Crippen LogP contribution is 2.16. The van der Waals surface area contributed by atoms with Gasteiger partial charge in [0.15, 0.2) is 0 Å². The number of nitrogens with zero attached hydrogens (tertiary/aromatic N) is 3. The van der Waals surface area contributed by atoms with Crippen molar-refractivity contribution >= 4 is 23.1 Å². The number of carbonyl (C=O) groups excluding carboxylic acids is 1. The fraction of sp³-hybridized carbons (Fsp3) is 0.429. The number of anilines is 1. The van der Waals surface area contributed by atoms with Gasteiger partial charge in [-0.2, -0.15) is 0 Å². The molecule has 1 atom stereocenters. The summed E-state index contributed by atoms with van der Waals surface area (Å²) in [5, 5.41) is 8.92. The van der Waals surface area contributed by atoms with E-state index in [1.54, 1.807) is 23.7 Å². The first kappa shape index (κ1) is 15.4. The van der Waals surface area contributed by atoms with Crippen molar-refractivity contribution in [2.24, 2.45) is 0 Å². The summed E-state index contributed by atoms with van der Waals surface area (Å²) < 4.78 is 0. The van der Waals surface area contributed by atoms with Crippen LogP contribution in [-0.2, 0) is 0 Å². The molecule has 0 saturated heterocycles. The van der Waals surface area contributed by atoms with E-state index in [1.165, 1.54) is 6.20 Å². The Morgan fingerprint density at radius 3 is 2.81 bits per heavy atom. The largest absolute Gasteiger partial charge is 0.369 e. The Balaban J connectivity index is 1.85. The third kappa shape index (κ3) is 4.49. The van der Waals surface area contributed by atoms with E-state index in [2.05, 4.69) is 32.5 Å². The Hall–Kier alpha value is -2.02. The minimum Gasteiger partial charge on any atom is -0.369 e. The zero-order valence-electron chi connectivity index (χ0n) is 12.2. The second-order valence-electron chi connectivity index (χ2n) is 4.70. The van der Waals surface area contributed by atoms with Crippen LogP contribution in [-0.4, -0.2) is 33.9 Å². The van der Waals surface area contributed by atoms with Gasteiger partial charge in [-0.25, -0.2) is 15.0 Å². The summed E-state index contributed by atoms with van der Waals surface area (Å²) in [5.74, 6) is 0.657. The predicted molar refractivity (Wildman–Crippen MR) is 83.7 cm³/mol. The lowest BCUT2D eigenvalue weighted by Crippen LogP contribution is -2.28. The highest BCUT2D eigenvalue weighted by molar-refractivity contribution is 7.09. The van der Waals surface area contributed by atoms with Crippen LogP contribution in [0.3, 0.4) is 0 Å². The van der Waals surface area contributed by atoms with E-state index >= 15 is 0 Å². The average molecular weight is 305 g/mol. The maximum atomic E-state index is 12.0. The highest BCUT2D eigenvalue weighted by Gasteiger charge is 2.12. The first-order valence-corrected chi connectivity index (χ1v) is 7.82. The van der Waals surface area contributed by atoms with Gasteiger partial charge in [-0.05, 0) is 6.42 Å². The quantitative estimate of drug-likeness (QED) is 0.820. The molecule has 2 N–H and O–H groups in total. The molecule has 1 amide bonds. The first-order valence-electron chi connectivity index (χ1n) is 6.94. The molecule has 21 heavy (non-hydrogen) atoms. The Morgan fingerprint density at radius 1 is 1.33 bits per heavy atom. The van der Waals surface area contributed by atoms with Gasteiger partial charge in [0.1, 0.15) is 11.5 Å². The number of thiazole rings is 1. The van der Waals surface area contributed by atoms with Gasteiger partial charge in [-0.1, -0.05) is 13.8 Å². The lowest BCUT2D eigenvalue weighted by molar-refractivity contribution is 0.0946. The molecule has 2 rings (SSSR count). The molecule has 0 radical (unpaired) electrons. The number of aromatic nitrogens is 3. The van der Waals surface area contributed by atoms with Crippen LogP contribution in [0.1, 0.15) is 41.7 Å². The molecule has 2 aromatic heterocycles. The molecule has 2 heterocycles. The maximum absolute atomic E-state index is 12.0. The van der Waals surface area contributed by atoms with Gasteiger partial charge in [0.25, 0.3) is 5.91 Å². The summed E-state index contributed by atoms with van der Waals surface area (Å²) in [6, 6.07) is 0. The van der Waals surface area contributed by atoms with Crippen molar-refractivity contribution in [3.05, 3.63) is 34.7 Å². The van der Waals surface area contributed by atoms with Crippen molar-refractivity contribution in [1.82, 2.24) is 20.3 Å². The number of nitrogens with one attached hydrogen (secondary N) is 2. The Kier molecular flexibility index (Phi) is 5.62. The molecule has 0 aromatic carbocycles. The molecule has 112 valence electrons. The summed E-state index contributed by atoms with van der Waals surface area (Å²) in [5.41, 5.74) is 0.323. The van der Waals surface area contributed by atoms with Crippen LogP contribution < -0.4 is 10.6 Å². The van der Waals surface area contributed by atoms with Crippen LogP contribution in [0, 0.1) is 0 Å². The summed E-state index contributed by atoms with van der Waals surface area (Å²) >= 11 is 1.59. The van der Waals surface area contributed by atoms with Crippen LogP contribution in [0.4, 0.5) is 5.82 Å². The van der Waals surface area contributed by atoms with Crippen LogP contribution in [0.5, 0.6) is 0 Å². The fourth-order valence-electron chi connectivity index (χ4n) is 1.69. The fourth-order valence-corrected chi connectivity index (χ4v) is 2.39. The van der Waals surface area contributed by atoms with Crippen molar-refractivity contribution in [3.63, 3.8) is 0 Å². The van der Waals surface area contributed by atoms with Gasteiger partial charge in [-0.3, -0.25) is 4.79 Å². The second-order valence-corrected chi connectivity index (χ2v) is 5.62. The van der Waals surface area contributed by atoms with E-state index in [0.717, 1.165) is 18.0 Å². The number of hydrogen-bond acceptors (Lipinski definition) is 6. The predicted octanol–water partition coefficient (Wildman–Crippen LogP) is 2.29. The Morgan fingerprint density at radius 2 is 2.19 bits per heavy atom. The van der Waals surface area contributed by atoms with Gasteiger partial charge in [0, 0.05) is 30.6 Å². The van der Waals surface area contributed by atoms with Crippen molar-refractivity contribution in [3.8, 4) is 0 Å². The Labute approximate surface area is 128 Å². The number of rotatable bonds is 7. The van der Waals surface area contributed by atoms with Crippen LogP contribution in [0.2, 0.25) is 0 Å². The molecule has 0 fully saturated rings. The van der Waals surface area contributed by atoms with E-state index in [4.69, 9.17) is 0 Å². The first-order chi connectivity index (χ1) is 10.2.